The van der Waals surface area contributed by atoms with E-state index >= 15 is 0 Å². The lowest BCUT2D eigenvalue weighted by Crippen LogP contribution is -2.49. The Morgan fingerprint density at radius 3 is 2.28 bits per heavy atom. The summed E-state index contributed by atoms with van der Waals surface area (Å²) in [5.74, 6) is 0.804. The maximum absolute atomic E-state index is 12.8. The van der Waals surface area contributed by atoms with Crippen LogP contribution in [0.25, 0.3) is 5.69 Å². The zero-order chi connectivity index (χ0) is 20.4. The summed E-state index contributed by atoms with van der Waals surface area (Å²) >= 11 is 0. The molecular formula is C23H24N4O2. The standard InChI is InChI=1S/C23H24N4O2/c1-17-6-8-20(9-7-17)27-22(28)11-10-21(24-27)25-12-14-26(15-13-25)23(29)19-5-3-4-18(2)16-19/h3-11,16H,12-15H2,1-2H3. The Kier molecular flexibility index (Phi) is 5.16. The second kappa shape index (κ2) is 7.91. The number of amides is 1. The van der Waals surface area contributed by atoms with Crippen LogP contribution in [0.3, 0.4) is 0 Å². The van der Waals surface area contributed by atoms with Crippen LogP contribution in [0, 0.1) is 13.8 Å². The first kappa shape index (κ1) is 18.9. The van der Waals surface area contributed by atoms with Gasteiger partial charge in [0.15, 0.2) is 0 Å². The van der Waals surface area contributed by atoms with E-state index in [2.05, 4.69) is 10.00 Å². The highest BCUT2D eigenvalue weighted by Gasteiger charge is 2.23. The van der Waals surface area contributed by atoms with E-state index in [-0.39, 0.29) is 11.5 Å². The molecule has 0 radical (unpaired) electrons. The lowest BCUT2D eigenvalue weighted by molar-refractivity contribution is 0.0746. The molecule has 4 rings (SSSR count). The number of rotatable bonds is 3. The summed E-state index contributed by atoms with van der Waals surface area (Å²) in [6.45, 7) is 6.60. The quantitative estimate of drug-likeness (QED) is 0.692. The Labute approximate surface area is 170 Å². The van der Waals surface area contributed by atoms with E-state index < -0.39 is 0 Å². The van der Waals surface area contributed by atoms with E-state index in [0.717, 1.165) is 28.2 Å². The maximum Gasteiger partial charge on any atom is 0.271 e. The highest BCUT2D eigenvalue weighted by molar-refractivity contribution is 5.94. The van der Waals surface area contributed by atoms with Gasteiger partial charge in [-0.1, -0.05) is 35.4 Å². The molecule has 1 fully saturated rings. The van der Waals surface area contributed by atoms with Crippen molar-refractivity contribution in [1.82, 2.24) is 14.7 Å². The number of hydrogen-bond donors (Lipinski definition) is 0. The normalized spacial score (nSPS) is 14.1. The average Bonchev–Trinajstić information content (AvgIpc) is 2.74. The molecular weight excluding hydrogens is 364 g/mol. The van der Waals surface area contributed by atoms with Crippen molar-refractivity contribution < 1.29 is 4.79 Å². The zero-order valence-electron chi connectivity index (χ0n) is 16.7. The molecule has 1 aliphatic rings. The van der Waals surface area contributed by atoms with Crippen LogP contribution in [0.4, 0.5) is 5.82 Å². The Morgan fingerprint density at radius 2 is 1.59 bits per heavy atom. The van der Waals surface area contributed by atoms with Gasteiger partial charge in [0.1, 0.15) is 5.82 Å². The van der Waals surface area contributed by atoms with Crippen LogP contribution in [-0.4, -0.2) is 46.8 Å². The van der Waals surface area contributed by atoms with Crippen LogP contribution >= 0.6 is 0 Å². The van der Waals surface area contributed by atoms with E-state index in [9.17, 15) is 9.59 Å². The Balaban J connectivity index is 1.49. The van der Waals surface area contributed by atoms with Gasteiger partial charge in [0.2, 0.25) is 0 Å². The molecule has 29 heavy (non-hydrogen) atoms. The number of aromatic nitrogens is 2. The number of nitrogens with zero attached hydrogens (tertiary/aromatic N) is 4. The molecule has 0 bridgehead atoms. The minimum atomic E-state index is -0.161. The lowest BCUT2D eigenvalue weighted by Gasteiger charge is -2.35. The highest BCUT2D eigenvalue weighted by atomic mass is 16.2. The van der Waals surface area contributed by atoms with Crippen molar-refractivity contribution >= 4 is 11.7 Å². The maximum atomic E-state index is 12.8. The second-order valence-electron chi connectivity index (χ2n) is 7.43. The average molecular weight is 388 g/mol. The van der Waals surface area contributed by atoms with E-state index in [1.54, 1.807) is 12.1 Å². The fraction of sp³-hybridized carbons (Fsp3) is 0.261. The molecule has 1 aromatic heterocycles. The molecule has 0 N–H and O–H groups in total. The predicted molar refractivity (Wildman–Crippen MR) is 114 cm³/mol. The van der Waals surface area contributed by atoms with E-state index in [1.807, 2.05) is 67.3 Å². The highest BCUT2D eigenvalue weighted by Crippen LogP contribution is 2.16. The summed E-state index contributed by atoms with van der Waals surface area (Å²) < 4.78 is 1.43. The van der Waals surface area contributed by atoms with Gasteiger partial charge in [0.05, 0.1) is 5.69 Å². The van der Waals surface area contributed by atoms with Gasteiger partial charge >= 0.3 is 0 Å². The number of benzene rings is 2. The van der Waals surface area contributed by atoms with Gasteiger partial charge in [-0.2, -0.15) is 4.68 Å². The summed E-state index contributed by atoms with van der Waals surface area (Å²) in [6.07, 6.45) is 0. The van der Waals surface area contributed by atoms with E-state index in [4.69, 9.17) is 0 Å². The van der Waals surface area contributed by atoms with Gasteiger partial charge in [-0.15, -0.1) is 5.10 Å². The minimum absolute atomic E-state index is 0.0611. The van der Waals surface area contributed by atoms with Gasteiger partial charge in [-0.05, 0) is 44.2 Å². The van der Waals surface area contributed by atoms with Crippen LogP contribution in [-0.2, 0) is 0 Å². The first-order chi connectivity index (χ1) is 14.0. The third-order valence-electron chi connectivity index (χ3n) is 5.22. The molecule has 0 aliphatic carbocycles. The van der Waals surface area contributed by atoms with Gasteiger partial charge in [0, 0.05) is 37.8 Å². The number of aryl methyl sites for hydroxylation is 2. The Morgan fingerprint density at radius 1 is 0.862 bits per heavy atom. The van der Waals surface area contributed by atoms with Crippen molar-refractivity contribution in [2.75, 3.05) is 31.1 Å². The molecule has 1 saturated heterocycles. The first-order valence-corrected chi connectivity index (χ1v) is 9.79. The van der Waals surface area contributed by atoms with Crippen LogP contribution in [0.1, 0.15) is 21.5 Å². The van der Waals surface area contributed by atoms with E-state index in [0.29, 0.717) is 26.2 Å². The van der Waals surface area contributed by atoms with Crippen molar-refractivity contribution in [3.8, 4) is 5.69 Å². The number of carbonyl (C=O) groups excluding carboxylic acids is 1. The monoisotopic (exact) mass is 388 g/mol. The molecule has 1 amide bonds. The smallest absolute Gasteiger partial charge is 0.271 e. The summed E-state index contributed by atoms with van der Waals surface area (Å²) in [6, 6.07) is 18.7. The van der Waals surface area contributed by atoms with Crippen molar-refractivity contribution in [3.05, 3.63) is 87.7 Å². The zero-order valence-corrected chi connectivity index (χ0v) is 16.7. The van der Waals surface area contributed by atoms with E-state index in [1.165, 1.54) is 4.68 Å². The van der Waals surface area contributed by atoms with Crippen LogP contribution in [0.2, 0.25) is 0 Å². The number of hydrogen-bond acceptors (Lipinski definition) is 4. The summed E-state index contributed by atoms with van der Waals surface area (Å²) in [5, 5.41) is 4.56. The number of anilines is 1. The molecule has 2 aromatic carbocycles. The molecule has 1 aliphatic heterocycles. The van der Waals surface area contributed by atoms with Crippen molar-refractivity contribution in [3.63, 3.8) is 0 Å². The molecule has 2 heterocycles. The first-order valence-electron chi connectivity index (χ1n) is 9.79. The van der Waals surface area contributed by atoms with Crippen LogP contribution in [0.15, 0.2) is 65.5 Å². The van der Waals surface area contributed by atoms with Crippen molar-refractivity contribution in [1.29, 1.82) is 0 Å². The Hall–Kier alpha value is -3.41. The van der Waals surface area contributed by atoms with Crippen LogP contribution < -0.4 is 10.5 Å². The van der Waals surface area contributed by atoms with Crippen molar-refractivity contribution in [2.24, 2.45) is 0 Å². The summed E-state index contributed by atoms with van der Waals surface area (Å²) in [4.78, 5) is 29.0. The molecule has 0 spiro atoms. The topological polar surface area (TPSA) is 58.4 Å². The fourth-order valence-electron chi connectivity index (χ4n) is 3.54. The van der Waals surface area contributed by atoms with Gasteiger partial charge in [-0.25, -0.2) is 0 Å². The molecule has 148 valence electrons. The largest absolute Gasteiger partial charge is 0.352 e. The molecule has 0 unspecified atom stereocenters. The molecule has 6 heteroatoms. The number of piperazine rings is 1. The molecule has 3 aromatic rings. The molecule has 0 atom stereocenters. The van der Waals surface area contributed by atoms with Crippen molar-refractivity contribution in [2.45, 2.75) is 13.8 Å². The minimum Gasteiger partial charge on any atom is -0.352 e. The SMILES string of the molecule is Cc1ccc(-n2nc(N3CCN(C(=O)c4cccc(C)c4)CC3)ccc2=O)cc1. The number of carbonyl (C=O) groups is 1. The second-order valence-corrected chi connectivity index (χ2v) is 7.43. The Bertz CT molecular complexity index is 1080. The molecule has 0 saturated carbocycles. The molecule has 6 nitrogen and oxygen atoms in total. The van der Waals surface area contributed by atoms with Gasteiger partial charge in [-0.3, -0.25) is 9.59 Å². The third-order valence-corrected chi connectivity index (χ3v) is 5.22. The predicted octanol–water partition coefficient (Wildman–Crippen LogP) is 2.81. The lowest BCUT2D eigenvalue weighted by atomic mass is 10.1. The third kappa shape index (κ3) is 4.06. The van der Waals surface area contributed by atoms with Gasteiger partial charge in [0.25, 0.3) is 11.5 Å². The van der Waals surface area contributed by atoms with Crippen LogP contribution in [0.5, 0.6) is 0 Å². The summed E-state index contributed by atoms with van der Waals surface area (Å²) in [7, 11) is 0. The van der Waals surface area contributed by atoms with Gasteiger partial charge < -0.3 is 9.80 Å². The fourth-order valence-corrected chi connectivity index (χ4v) is 3.54. The summed E-state index contributed by atoms with van der Waals surface area (Å²) in [5.41, 5.74) is 3.52.